The highest BCUT2D eigenvalue weighted by Gasteiger charge is 2.06. The highest BCUT2D eigenvalue weighted by atomic mass is 31.1. The van der Waals surface area contributed by atoms with E-state index in [1.807, 2.05) is 0 Å². The van der Waals surface area contributed by atoms with Crippen molar-refractivity contribution in [3.63, 3.8) is 0 Å². The van der Waals surface area contributed by atoms with E-state index in [9.17, 15) is 9.36 Å². The van der Waals surface area contributed by atoms with Gasteiger partial charge in [-0.3, -0.25) is 4.57 Å². The largest absolute Gasteiger partial charge is 0.411 e. The molecule has 0 saturated heterocycles. The molecule has 3 nitrogen and oxygen atoms in total. The summed E-state index contributed by atoms with van der Waals surface area (Å²) < 4.78 is 15.3. The van der Waals surface area contributed by atoms with Gasteiger partial charge in [0.2, 0.25) is 8.03 Å². The molecule has 0 aliphatic rings. The molecular weight excluding hydrogens is 163 g/mol. The van der Waals surface area contributed by atoms with Gasteiger partial charge in [-0.15, -0.1) is 6.58 Å². The van der Waals surface area contributed by atoms with Crippen LogP contribution >= 0.6 is 8.03 Å². The summed E-state index contributed by atoms with van der Waals surface area (Å²) in [6.07, 6.45) is 1.68. The van der Waals surface area contributed by atoms with Gasteiger partial charge < -0.3 is 4.52 Å². The zero-order valence-corrected chi connectivity index (χ0v) is 7.42. The number of rotatable bonds is 4. The molecule has 0 bridgehead atoms. The lowest BCUT2D eigenvalue weighted by atomic mass is 10.4. The molecule has 0 fully saturated rings. The fourth-order valence-corrected chi connectivity index (χ4v) is 1.05. The molecule has 4 heteroatoms. The van der Waals surface area contributed by atoms with E-state index in [-0.39, 0.29) is 11.7 Å². The van der Waals surface area contributed by atoms with Crippen molar-refractivity contribution >= 4 is 14.0 Å². The van der Waals surface area contributed by atoms with Crippen molar-refractivity contribution in [3.05, 3.63) is 24.8 Å². The highest BCUT2D eigenvalue weighted by molar-refractivity contribution is 7.40. The normalized spacial score (nSPS) is 11.7. The lowest BCUT2D eigenvalue weighted by molar-refractivity contribution is -0.129. The molecule has 0 rings (SSSR count). The molecule has 0 spiro atoms. The molecule has 0 N–H and O–H groups in total. The standard InChI is InChI=1S/C7H11O3P/c1-4-5-11(9)10-7(8)6(2)3/h4,11H,1-2,5H2,3H3. The Hall–Kier alpha value is -0.820. The first-order chi connectivity index (χ1) is 5.07. The SMILES string of the molecule is C=CC[PH](=O)OC(=O)C(=C)C. The molecule has 1 unspecified atom stereocenters. The molecular formula is C7H11O3P. The first kappa shape index (κ1) is 10.2. The molecule has 0 aromatic heterocycles. The Labute approximate surface area is 66.6 Å². The zero-order valence-electron chi connectivity index (χ0n) is 6.42. The van der Waals surface area contributed by atoms with Crippen LogP contribution in [-0.4, -0.2) is 12.1 Å². The third-order valence-electron chi connectivity index (χ3n) is 0.866. The predicted molar refractivity (Wildman–Crippen MR) is 45.0 cm³/mol. The van der Waals surface area contributed by atoms with E-state index >= 15 is 0 Å². The second-order valence-corrected chi connectivity index (χ2v) is 3.39. The summed E-state index contributed by atoms with van der Waals surface area (Å²) in [7, 11) is -2.26. The first-order valence-corrected chi connectivity index (χ1v) is 4.61. The van der Waals surface area contributed by atoms with Gasteiger partial charge in [-0.2, -0.15) is 0 Å². The van der Waals surface area contributed by atoms with E-state index < -0.39 is 14.0 Å². The van der Waals surface area contributed by atoms with E-state index in [1.54, 1.807) is 0 Å². The van der Waals surface area contributed by atoms with E-state index in [0.717, 1.165) is 0 Å². The molecule has 0 aliphatic carbocycles. The minimum absolute atomic E-state index is 0.226. The van der Waals surface area contributed by atoms with Gasteiger partial charge in [0, 0.05) is 5.57 Å². The Bertz CT molecular complexity index is 208. The Kier molecular flexibility index (Phi) is 4.55. The molecule has 0 aromatic carbocycles. The van der Waals surface area contributed by atoms with E-state index in [2.05, 4.69) is 17.7 Å². The van der Waals surface area contributed by atoms with Crippen molar-refractivity contribution in [1.82, 2.24) is 0 Å². The van der Waals surface area contributed by atoms with Crippen LogP contribution in [0.25, 0.3) is 0 Å². The molecule has 0 aliphatic heterocycles. The van der Waals surface area contributed by atoms with Gasteiger partial charge in [-0.1, -0.05) is 12.7 Å². The molecule has 0 saturated carbocycles. The van der Waals surface area contributed by atoms with Crippen LogP contribution in [0.15, 0.2) is 24.8 Å². The number of hydrogen-bond donors (Lipinski definition) is 0. The Balaban J connectivity index is 3.85. The molecule has 62 valence electrons. The topological polar surface area (TPSA) is 43.4 Å². The van der Waals surface area contributed by atoms with Crippen molar-refractivity contribution in [2.75, 3.05) is 6.16 Å². The third kappa shape index (κ3) is 4.57. The van der Waals surface area contributed by atoms with Crippen LogP contribution in [0.3, 0.4) is 0 Å². The van der Waals surface area contributed by atoms with Crippen molar-refractivity contribution < 1.29 is 13.9 Å². The average molecular weight is 174 g/mol. The van der Waals surface area contributed by atoms with Gasteiger partial charge in [0.15, 0.2) is 0 Å². The van der Waals surface area contributed by atoms with E-state index in [4.69, 9.17) is 0 Å². The van der Waals surface area contributed by atoms with Crippen LogP contribution < -0.4 is 0 Å². The molecule has 0 radical (unpaired) electrons. The Morgan fingerprint density at radius 3 is 2.64 bits per heavy atom. The van der Waals surface area contributed by atoms with Crippen molar-refractivity contribution in [2.24, 2.45) is 0 Å². The predicted octanol–water partition coefficient (Wildman–Crippen LogP) is 1.77. The smallest absolute Gasteiger partial charge is 0.337 e. The summed E-state index contributed by atoms with van der Waals surface area (Å²) in [4.78, 5) is 10.7. The fourth-order valence-electron chi connectivity index (χ4n) is 0.350. The summed E-state index contributed by atoms with van der Waals surface area (Å²) in [5.41, 5.74) is 0.257. The van der Waals surface area contributed by atoms with Gasteiger partial charge in [0.25, 0.3) is 0 Å². The highest BCUT2D eigenvalue weighted by Crippen LogP contribution is 2.22. The van der Waals surface area contributed by atoms with Gasteiger partial charge in [0.05, 0.1) is 6.16 Å². The summed E-state index contributed by atoms with van der Waals surface area (Å²) >= 11 is 0. The third-order valence-corrected chi connectivity index (χ3v) is 1.90. The van der Waals surface area contributed by atoms with Gasteiger partial charge >= 0.3 is 5.97 Å². The fraction of sp³-hybridized carbons (Fsp3) is 0.286. The number of carbonyl (C=O) groups is 1. The second kappa shape index (κ2) is 4.91. The van der Waals surface area contributed by atoms with Gasteiger partial charge in [0.1, 0.15) is 0 Å². The average Bonchev–Trinajstić information content (AvgIpc) is 1.87. The summed E-state index contributed by atoms with van der Waals surface area (Å²) in [5, 5.41) is 0. The summed E-state index contributed by atoms with van der Waals surface area (Å²) in [6, 6.07) is 0. The summed E-state index contributed by atoms with van der Waals surface area (Å²) in [6.45, 7) is 8.22. The van der Waals surface area contributed by atoms with E-state index in [0.29, 0.717) is 0 Å². The maximum atomic E-state index is 10.8. The Morgan fingerprint density at radius 2 is 2.27 bits per heavy atom. The zero-order chi connectivity index (χ0) is 8.85. The lowest BCUT2D eigenvalue weighted by Crippen LogP contribution is -1.98. The van der Waals surface area contributed by atoms with Crippen LogP contribution in [0, 0.1) is 0 Å². The van der Waals surface area contributed by atoms with Gasteiger partial charge in [-0.05, 0) is 6.92 Å². The quantitative estimate of drug-likeness (QED) is 0.370. The van der Waals surface area contributed by atoms with Crippen molar-refractivity contribution in [3.8, 4) is 0 Å². The minimum Gasteiger partial charge on any atom is -0.411 e. The maximum Gasteiger partial charge on any atom is 0.337 e. The van der Waals surface area contributed by atoms with Crippen LogP contribution in [0.4, 0.5) is 0 Å². The molecule has 1 atom stereocenters. The van der Waals surface area contributed by atoms with Crippen molar-refractivity contribution in [2.45, 2.75) is 6.92 Å². The monoisotopic (exact) mass is 174 g/mol. The van der Waals surface area contributed by atoms with Crippen LogP contribution in [0.5, 0.6) is 0 Å². The van der Waals surface area contributed by atoms with Crippen LogP contribution in [0.2, 0.25) is 0 Å². The van der Waals surface area contributed by atoms with E-state index in [1.165, 1.54) is 13.0 Å². The van der Waals surface area contributed by atoms with Crippen LogP contribution in [0.1, 0.15) is 6.92 Å². The summed E-state index contributed by atoms with van der Waals surface area (Å²) in [5.74, 6) is -0.601. The van der Waals surface area contributed by atoms with Crippen LogP contribution in [-0.2, 0) is 13.9 Å². The second-order valence-electron chi connectivity index (χ2n) is 2.03. The first-order valence-electron chi connectivity index (χ1n) is 3.09. The molecule has 0 aromatic rings. The lowest BCUT2D eigenvalue weighted by Gasteiger charge is -2.00. The molecule has 11 heavy (non-hydrogen) atoms. The van der Waals surface area contributed by atoms with Crippen molar-refractivity contribution in [1.29, 1.82) is 0 Å². The molecule has 0 amide bonds. The Morgan fingerprint density at radius 1 is 1.73 bits per heavy atom. The maximum absolute atomic E-state index is 10.8. The van der Waals surface area contributed by atoms with Gasteiger partial charge in [-0.25, -0.2) is 4.79 Å². The number of hydrogen-bond acceptors (Lipinski definition) is 3. The minimum atomic E-state index is -2.26. The number of allylic oxidation sites excluding steroid dienone is 1. The number of carbonyl (C=O) groups excluding carboxylic acids is 1. The molecule has 0 heterocycles.